The molecule has 2 aromatic rings. The van der Waals surface area contributed by atoms with E-state index in [0.29, 0.717) is 5.56 Å². The maximum atomic E-state index is 12.8. The quantitative estimate of drug-likeness (QED) is 0.860. The van der Waals surface area contributed by atoms with E-state index >= 15 is 0 Å². The number of aryl methyl sites for hydroxylation is 3. The van der Waals surface area contributed by atoms with Gasteiger partial charge in [-0.25, -0.2) is 0 Å². The first-order valence-corrected chi connectivity index (χ1v) is 9.25. The van der Waals surface area contributed by atoms with E-state index in [0.717, 1.165) is 24.1 Å². The summed E-state index contributed by atoms with van der Waals surface area (Å²) >= 11 is 0. The summed E-state index contributed by atoms with van der Waals surface area (Å²) in [6.45, 7) is 5.76. The van der Waals surface area contributed by atoms with Gasteiger partial charge in [0.05, 0.1) is 0 Å². The molecule has 0 aromatic heterocycles. The number of benzene rings is 2. The van der Waals surface area contributed by atoms with E-state index in [1.165, 1.54) is 17.5 Å². The van der Waals surface area contributed by atoms with Crippen molar-refractivity contribution in [2.75, 3.05) is 5.32 Å². The van der Waals surface area contributed by atoms with Crippen LogP contribution in [-0.2, 0) is 17.6 Å². The molecule has 0 saturated carbocycles. The Morgan fingerprint density at radius 1 is 1.00 bits per heavy atom. The average molecular weight is 350 g/mol. The van der Waals surface area contributed by atoms with E-state index in [1.54, 1.807) is 6.07 Å². The van der Waals surface area contributed by atoms with E-state index < -0.39 is 6.04 Å². The van der Waals surface area contributed by atoms with Gasteiger partial charge < -0.3 is 10.6 Å². The molecular formula is C22H26N2O2. The van der Waals surface area contributed by atoms with Crippen molar-refractivity contribution in [2.45, 2.75) is 46.1 Å². The summed E-state index contributed by atoms with van der Waals surface area (Å²) in [5, 5.41) is 5.87. The molecule has 3 rings (SSSR count). The van der Waals surface area contributed by atoms with Gasteiger partial charge in [-0.3, -0.25) is 9.59 Å². The largest absolute Gasteiger partial charge is 0.340 e. The fourth-order valence-electron chi connectivity index (χ4n) is 3.45. The van der Waals surface area contributed by atoms with Crippen LogP contribution in [-0.4, -0.2) is 17.9 Å². The minimum absolute atomic E-state index is 0.0163. The van der Waals surface area contributed by atoms with Gasteiger partial charge in [0.1, 0.15) is 6.04 Å². The average Bonchev–Trinajstić information content (AvgIpc) is 3.07. The lowest BCUT2D eigenvalue weighted by Crippen LogP contribution is -2.47. The van der Waals surface area contributed by atoms with Crippen LogP contribution < -0.4 is 10.6 Å². The lowest BCUT2D eigenvalue weighted by Gasteiger charge is -2.22. The van der Waals surface area contributed by atoms with Crippen molar-refractivity contribution in [3.05, 3.63) is 64.7 Å². The molecule has 1 aliphatic carbocycles. The predicted octanol–water partition coefficient (Wildman–Crippen LogP) is 3.88. The molecule has 0 fully saturated rings. The number of hydrogen-bond acceptors (Lipinski definition) is 2. The van der Waals surface area contributed by atoms with Gasteiger partial charge >= 0.3 is 0 Å². The number of fused-ring (bicyclic) bond motifs is 1. The van der Waals surface area contributed by atoms with Gasteiger partial charge in [0, 0.05) is 11.3 Å². The lowest BCUT2D eigenvalue weighted by molar-refractivity contribution is -0.118. The van der Waals surface area contributed by atoms with Crippen LogP contribution in [0.3, 0.4) is 0 Å². The smallest absolute Gasteiger partial charge is 0.252 e. The Bertz CT molecular complexity index is 827. The summed E-state index contributed by atoms with van der Waals surface area (Å²) in [5.74, 6) is -0.414. The van der Waals surface area contributed by atoms with Crippen molar-refractivity contribution in [3.63, 3.8) is 0 Å². The van der Waals surface area contributed by atoms with Crippen LogP contribution in [0.25, 0.3) is 0 Å². The molecule has 4 nitrogen and oxygen atoms in total. The molecule has 0 aliphatic heterocycles. The van der Waals surface area contributed by atoms with Crippen LogP contribution in [0.5, 0.6) is 0 Å². The second kappa shape index (κ2) is 7.73. The second-order valence-electron chi connectivity index (χ2n) is 7.34. The Labute approximate surface area is 155 Å². The van der Waals surface area contributed by atoms with Crippen molar-refractivity contribution < 1.29 is 9.59 Å². The first-order valence-electron chi connectivity index (χ1n) is 9.25. The number of carbonyl (C=O) groups is 2. The standard InChI is InChI=1S/C22H26N2O2/c1-14(2)20(24-21(25)19-10-5-4-7-15(19)3)22(26)23-18-12-11-16-8-6-9-17(16)13-18/h4-5,7,10-14,20H,6,8-9H2,1-3H3,(H,23,26)(H,24,25)/t20-/m0/s1. The highest BCUT2D eigenvalue weighted by atomic mass is 16.2. The first-order chi connectivity index (χ1) is 12.5. The number of carbonyl (C=O) groups excluding carboxylic acids is 2. The monoisotopic (exact) mass is 350 g/mol. The highest BCUT2D eigenvalue weighted by molar-refractivity contribution is 6.01. The zero-order valence-electron chi connectivity index (χ0n) is 15.6. The number of nitrogens with one attached hydrogen (secondary N) is 2. The van der Waals surface area contributed by atoms with E-state index in [4.69, 9.17) is 0 Å². The van der Waals surface area contributed by atoms with E-state index in [-0.39, 0.29) is 17.7 Å². The fourth-order valence-corrected chi connectivity index (χ4v) is 3.45. The van der Waals surface area contributed by atoms with Gasteiger partial charge in [-0.15, -0.1) is 0 Å². The molecule has 0 unspecified atom stereocenters. The van der Waals surface area contributed by atoms with Gasteiger partial charge in [0.15, 0.2) is 0 Å². The molecule has 0 spiro atoms. The normalized spacial score (nSPS) is 14.0. The van der Waals surface area contributed by atoms with Crippen molar-refractivity contribution >= 4 is 17.5 Å². The zero-order chi connectivity index (χ0) is 18.7. The molecule has 2 aromatic carbocycles. The molecule has 2 amide bonds. The molecule has 26 heavy (non-hydrogen) atoms. The highest BCUT2D eigenvalue weighted by Gasteiger charge is 2.25. The molecule has 2 N–H and O–H groups in total. The van der Waals surface area contributed by atoms with Gasteiger partial charge in [0.2, 0.25) is 5.91 Å². The predicted molar refractivity (Wildman–Crippen MR) is 104 cm³/mol. The maximum Gasteiger partial charge on any atom is 0.252 e. The van der Waals surface area contributed by atoms with Crippen molar-refractivity contribution in [3.8, 4) is 0 Å². The number of amides is 2. The molecular weight excluding hydrogens is 324 g/mol. The zero-order valence-corrected chi connectivity index (χ0v) is 15.6. The molecule has 1 atom stereocenters. The Balaban J connectivity index is 1.72. The van der Waals surface area contributed by atoms with E-state index in [1.807, 2.05) is 45.0 Å². The number of anilines is 1. The number of rotatable bonds is 5. The minimum Gasteiger partial charge on any atom is -0.340 e. The molecule has 136 valence electrons. The third kappa shape index (κ3) is 3.96. The van der Waals surface area contributed by atoms with Crippen LogP contribution >= 0.6 is 0 Å². The SMILES string of the molecule is Cc1ccccc1C(=O)N[C@H](C(=O)Nc1ccc2c(c1)CCC2)C(C)C. The van der Waals surface area contributed by atoms with Crippen LogP contribution in [0, 0.1) is 12.8 Å². The van der Waals surface area contributed by atoms with Gasteiger partial charge in [-0.05, 0) is 67.0 Å². The van der Waals surface area contributed by atoms with Gasteiger partial charge in [-0.1, -0.05) is 38.1 Å². The highest BCUT2D eigenvalue weighted by Crippen LogP contribution is 2.25. The molecule has 0 heterocycles. The van der Waals surface area contributed by atoms with E-state index in [9.17, 15) is 9.59 Å². The van der Waals surface area contributed by atoms with Crippen LogP contribution in [0.2, 0.25) is 0 Å². The van der Waals surface area contributed by atoms with Crippen LogP contribution in [0.1, 0.15) is 47.3 Å². The van der Waals surface area contributed by atoms with Crippen molar-refractivity contribution in [2.24, 2.45) is 5.92 Å². The Kier molecular flexibility index (Phi) is 5.40. The first kappa shape index (κ1) is 18.2. The molecule has 0 radical (unpaired) electrons. The van der Waals surface area contributed by atoms with Gasteiger partial charge in [0.25, 0.3) is 5.91 Å². The third-order valence-corrected chi connectivity index (χ3v) is 4.99. The summed E-state index contributed by atoms with van der Waals surface area (Å²) in [4.78, 5) is 25.4. The summed E-state index contributed by atoms with van der Waals surface area (Å²) in [6.07, 6.45) is 3.36. The van der Waals surface area contributed by atoms with Crippen LogP contribution in [0.15, 0.2) is 42.5 Å². The Morgan fingerprint density at radius 2 is 1.73 bits per heavy atom. The van der Waals surface area contributed by atoms with Crippen LogP contribution in [0.4, 0.5) is 5.69 Å². The molecule has 4 heteroatoms. The van der Waals surface area contributed by atoms with Crippen molar-refractivity contribution in [1.29, 1.82) is 0 Å². The van der Waals surface area contributed by atoms with Crippen molar-refractivity contribution in [1.82, 2.24) is 5.32 Å². The van der Waals surface area contributed by atoms with Gasteiger partial charge in [-0.2, -0.15) is 0 Å². The maximum absolute atomic E-state index is 12.8. The molecule has 0 bridgehead atoms. The topological polar surface area (TPSA) is 58.2 Å². The van der Waals surface area contributed by atoms with E-state index in [2.05, 4.69) is 22.8 Å². The molecule has 0 saturated heterocycles. The lowest BCUT2D eigenvalue weighted by atomic mass is 10.0. The summed E-state index contributed by atoms with van der Waals surface area (Å²) in [6, 6.07) is 12.9. The molecule has 1 aliphatic rings. The summed E-state index contributed by atoms with van der Waals surface area (Å²) in [7, 11) is 0. The third-order valence-electron chi connectivity index (χ3n) is 4.99. The summed E-state index contributed by atoms with van der Waals surface area (Å²) in [5.41, 5.74) is 4.98. The fraction of sp³-hybridized carbons (Fsp3) is 0.364. The second-order valence-corrected chi connectivity index (χ2v) is 7.34. The Morgan fingerprint density at radius 3 is 2.46 bits per heavy atom. The Hall–Kier alpha value is -2.62. The number of hydrogen-bond donors (Lipinski definition) is 2. The summed E-state index contributed by atoms with van der Waals surface area (Å²) < 4.78 is 0. The minimum atomic E-state index is -0.588.